The van der Waals surface area contributed by atoms with E-state index in [0.29, 0.717) is 5.92 Å². The molecule has 0 aliphatic heterocycles. The third-order valence-electron chi connectivity index (χ3n) is 4.01. The highest BCUT2D eigenvalue weighted by atomic mass is 127. The van der Waals surface area contributed by atoms with Gasteiger partial charge >= 0.3 is 5.97 Å². The van der Waals surface area contributed by atoms with E-state index >= 15 is 0 Å². The van der Waals surface area contributed by atoms with E-state index in [0.717, 1.165) is 19.2 Å². The number of nitrogens with one attached hydrogen (secondary N) is 1. The predicted octanol–water partition coefficient (Wildman–Crippen LogP) is 5.05. The van der Waals surface area contributed by atoms with Crippen LogP contribution in [-0.2, 0) is 16.0 Å². The van der Waals surface area contributed by atoms with Crippen molar-refractivity contribution in [2.45, 2.75) is 38.6 Å². The second-order valence-corrected chi connectivity index (χ2v) is 8.66. The van der Waals surface area contributed by atoms with Crippen LogP contribution in [-0.4, -0.2) is 17.0 Å². The first kappa shape index (κ1) is 20.9. The number of carboxylic acids is 1. The van der Waals surface area contributed by atoms with Crippen LogP contribution < -0.4 is 5.32 Å². The molecule has 0 heterocycles. The summed E-state index contributed by atoms with van der Waals surface area (Å²) in [6.45, 7) is 4.20. The predicted molar refractivity (Wildman–Crippen MR) is 114 cm³/mol. The molecule has 2 N–H and O–H groups in total. The minimum absolute atomic E-state index is 0.150. The summed E-state index contributed by atoms with van der Waals surface area (Å²) in [6, 6.07) is 13.0. The van der Waals surface area contributed by atoms with Gasteiger partial charge in [0.15, 0.2) is 0 Å². The zero-order valence-electron chi connectivity index (χ0n) is 14.6. The van der Waals surface area contributed by atoms with Gasteiger partial charge in [-0.15, -0.1) is 0 Å². The van der Waals surface area contributed by atoms with E-state index in [-0.39, 0.29) is 18.7 Å². The van der Waals surface area contributed by atoms with Crippen LogP contribution in [0.2, 0.25) is 0 Å². The van der Waals surface area contributed by atoms with Crippen molar-refractivity contribution in [2.24, 2.45) is 0 Å². The van der Waals surface area contributed by atoms with Crippen molar-refractivity contribution >= 4 is 50.4 Å². The summed E-state index contributed by atoms with van der Waals surface area (Å²) < 4.78 is 1.95. The lowest BCUT2D eigenvalue weighted by Crippen LogP contribution is -2.31. The molecule has 4 nitrogen and oxygen atoms in total. The fourth-order valence-electron chi connectivity index (χ4n) is 2.68. The number of benzene rings is 2. The Morgan fingerprint density at radius 2 is 1.73 bits per heavy atom. The number of rotatable bonds is 7. The van der Waals surface area contributed by atoms with E-state index in [4.69, 9.17) is 0 Å². The monoisotopic (exact) mass is 529 g/mol. The van der Waals surface area contributed by atoms with Gasteiger partial charge in [-0.25, -0.2) is 0 Å². The SMILES string of the molecule is CC(C)c1ccc(C(CC(=O)O)NC(=O)Cc2cc(Br)cc(I)c2)cc1. The molecule has 26 heavy (non-hydrogen) atoms. The molecule has 2 aromatic carbocycles. The zero-order valence-corrected chi connectivity index (χ0v) is 18.4. The Morgan fingerprint density at radius 1 is 1.12 bits per heavy atom. The fourth-order valence-corrected chi connectivity index (χ4v) is 4.39. The summed E-state index contributed by atoms with van der Waals surface area (Å²) in [5.41, 5.74) is 2.86. The van der Waals surface area contributed by atoms with Crippen LogP contribution in [0.25, 0.3) is 0 Å². The first-order valence-electron chi connectivity index (χ1n) is 8.30. The lowest BCUT2D eigenvalue weighted by atomic mass is 9.97. The quantitative estimate of drug-likeness (QED) is 0.493. The van der Waals surface area contributed by atoms with Crippen molar-refractivity contribution in [3.8, 4) is 0 Å². The topological polar surface area (TPSA) is 66.4 Å². The van der Waals surface area contributed by atoms with Crippen molar-refractivity contribution in [2.75, 3.05) is 0 Å². The number of carbonyl (C=O) groups excluding carboxylic acids is 1. The lowest BCUT2D eigenvalue weighted by molar-refractivity contribution is -0.137. The van der Waals surface area contributed by atoms with Crippen LogP contribution in [0.15, 0.2) is 46.9 Å². The molecule has 0 bridgehead atoms. The molecule has 0 fully saturated rings. The number of halogens is 2. The molecule has 1 unspecified atom stereocenters. The molecule has 138 valence electrons. The van der Waals surface area contributed by atoms with Gasteiger partial charge < -0.3 is 10.4 Å². The molecule has 0 saturated carbocycles. The molecular formula is C20H21BrINO3. The number of hydrogen-bond acceptors (Lipinski definition) is 2. The zero-order chi connectivity index (χ0) is 19.3. The van der Waals surface area contributed by atoms with Crippen molar-refractivity contribution in [1.29, 1.82) is 0 Å². The Labute approximate surface area is 175 Å². The highest BCUT2D eigenvalue weighted by Gasteiger charge is 2.18. The van der Waals surface area contributed by atoms with Gasteiger partial charge in [-0.05, 0) is 63.4 Å². The van der Waals surface area contributed by atoms with E-state index in [1.54, 1.807) is 0 Å². The van der Waals surface area contributed by atoms with E-state index in [9.17, 15) is 14.7 Å². The molecule has 6 heteroatoms. The van der Waals surface area contributed by atoms with Crippen LogP contribution in [0.1, 0.15) is 48.9 Å². The minimum atomic E-state index is -0.944. The van der Waals surface area contributed by atoms with Gasteiger partial charge in [0.2, 0.25) is 5.91 Å². The van der Waals surface area contributed by atoms with Gasteiger partial charge in [-0.3, -0.25) is 9.59 Å². The second kappa shape index (κ2) is 9.50. The highest BCUT2D eigenvalue weighted by Crippen LogP contribution is 2.22. The number of carboxylic acid groups (broad SMARTS) is 1. The van der Waals surface area contributed by atoms with Gasteiger partial charge in [-0.1, -0.05) is 54.0 Å². The summed E-state index contributed by atoms with van der Waals surface area (Å²) in [5, 5.41) is 12.1. The number of carbonyl (C=O) groups is 2. The Hall–Kier alpha value is -1.41. The minimum Gasteiger partial charge on any atom is -0.481 e. The Balaban J connectivity index is 2.13. The van der Waals surface area contributed by atoms with Crippen molar-refractivity contribution < 1.29 is 14.7 Å². The molecule has 2 rings (SSSR count). The van der Waals surface area contributed by atoms with Gasteiger partial charge in [0.1, 0.15) is 0 Å². The maximum absolute atomic E-state index is 12.5. The van der Waals surface area contributed by atoms with E-state index < -0.39 is 12.0 Å². The van der Waals surface area contributed by atoms with Crippen LogP contribution in [0, 0.1) is 3.57 Å². The molecule has 0 aliphatic carbocycles. The van der Waals surface area contributed by atoms with E-state index in [2.05, 4.69) is 57.7 Å². The standard InChI is InChI=1S/C20H21BrINO3/c1-12(2)14-3-5-15(6-4-14)18(11-20(25)26)23-19(24)9-13-7-16(21)10-17(22)8-13/h3-8,10,12,18H,9,11H2,1-2H3,(H,23,24)(H,25,26). The van der Waals surface area contributed by atoms with E-state index in [1.165, 1.54) is 5.56 Å². The summed E-state index contributed by atoms with van der Waals surface area (Å²) in [7, 11) is 0. The van der Waals surface area contributed by atoms with Crippen LogP contribution in [0.4, 0.5) is 0 Å². The second-order valence-electron chi connectivity index (χ2n) is 6.49. The smallest absolute Gasteiger partial charge is 0.305 e. The number of hydrogen-bond donors (Lipinski definition) is 2. The van der Waals surface area contributed by atoms with Gasteiger partial charge in [0.05, 0.1) is 18.9 Å². The van der Waals surface area contributed by atoms with Gasteiger partial charge in [0, 0.05) is 8.04 Å². The van der Waals surface area contributed by atoms with Crippen LogP contribution in [0.3, 0.4) is 0 Å². The average molecular weight is 530 g/mol. The Morgan fingerprint density at radius 3 is 2.27 bits per heavy atom. The first-order valence-corrected chi connectivity index (χ1v) is 10.2. The molecule has 0 saturated heterocycles. The Bertz CT molecular complexity index is 770. The first-order chi connectivity index (χ1) is 12.2. The fraction of sp³-hybridized carbons (Fsp3) is 0.300. The summed E-state index contributed by atoms with van der Waals surface area (Å²) in [5.74, 6) is -0.742. The maximum Gasteiger partial charge on any atom is 0.305 e. The normalized spacial score (nSPS) is 12.0. The number of aliphatic carboxylic acids is 1. The van der Waals surface area contributed by atoms with Gasteiger partial charge in [0.25, 0.3) is 0 Å². The van der Waals surface area contributed by atoms with E-state index in [1.807, 2.05) is 42.5 Å². The summed E-state index contributed by atoms with van der Waals surface area (Å²) in [6.07, 6.45) is 0.0540. The maximum atomic E-state index is 12.5. The average Bonchev–Trinajstić information content (AvgIpc) is 2.52. The molecule has 0 aliphatic rings. The molecule has 0 radical (unpaired) electrons. The van der Waals surface area contributed by atoms with Crippen molar-refractivity contribution in [3.63, 3.8) is 0 Å². The molecular weight excluding hydrogens is 509 g/mol. The summed E-state index contributed by atoms with van der Waals surface area (Å²) in [4.78, 5) is 23.7. The van der Waals surface area contributed by atoms with Crippen LogP contribution >= 0.6 is 38.5 Å². The summed E-state index contributed by atoms with van der Waals surface area (Å²) >= 11 is 5.62. The molecule has 0 spiro atoms. The third-order valence-corrected chi connectivity index (χ3v) is 5.09. The molecule has 0 aromatic heterocycles. The molecule has 1 amide bonds. The van der Waals surface area contributed by atoms with Crippen molar-refractivity contribution in [3.05, 3.63) is 67.2 Å². The van der Waals surface area contributed by atoms with Crippen LogP contribution in [0.5, 0.6) is 0 Å². The molecule has 1 atom stereocenters. The molecule has 2 aromatic rings. The highest BCUT2D eigenvalue weighted by molar-refractivity contribution is 14.1. The third kappa shape index (κ3) is 6.39. The largest absolute Gasteiger partial charge is 0.481 e. The lowest BCUT2D eigenvalue weighted by Gasteiger charge is -2.18. The van der Waals surface area contributed by atoms with Crippen molar-refractivity contribution in [1.82, 2.24) is 5.32 Å². The number of amides is 1. The van der Waals surface area contributed by atoms with Gasteiger partial charge in [-0.2, -0.15) is 0 Å². The Kier molecular flexibility index (Phi) is 7.64.